The third-order valence-electron chi connectivity index (χ3n) is 5.31. The van der Waals surface area contributed by atoms with Gasteiger partial charge in [-0.3, -0.25) is 9.69 Å². The zero-order valence-corrected chi connectivity index (χ0v) is 16.7. The first-order valence-electron chi connectivity index (χ1n) is 9.99. The number of ether oxygens (including phenoxy) is 1. The maximum atomic E-state index is 13.1. The lowest BCUT2D eigenvalue weighted by atomic mass is 10.1. The number of carbonyl (C=O) groups is 1. The van der Waals surface area contributed by atoms with E-state index in [0.29, 0.717) is 25.5 Å². The molecule has 2 heterocycles. The molecule has 0 saturated carbocycles. The Kier molecular flexibility index (Phi) is 6.08. The van der Waals surface area contributed by atoms with Gasteiger partial charge in [-0.1, -0.05) is 60.7 Å². The molecular weight excluding hydrogens is 364 g/mol. The number of para-hydroxylation sites is 1. The lowest BCUT2D eigenvalue weighted by Gasteiger charge is -2.33. The summed E-state index contributed by atoms with van der Waals surface area (Å²) in [5.41, 5.74) is 2.77. The van der Waals surface area contributed by atoms with Gasteiger partial charge in [0.05, 0.1) is 6.61 Å². The number of nitrogens with zero attached hydrogens (tertiary/aromatic N) is 2. The van der Waals surface area contributed by atoms with Crippen molar-refractivity contribution >= 4 is 23.0 Å². The Bertz CT molecular complexity index is 986. The van der Waals surface area contributed by atoms with Gasteiger partial charge in [0, 0.05) is 50.8 Å². The molecular formula is C24H26N2O3. The Morgan fingerprint density at radius 1 is 1.03 bits per heavy atom. The van der Waals surface area contributed by atoms with Crippen LogP contribution in [0.5, 0.6) is 0 Å². The molecule has 3 aromatic rings. The van der Waals surface area contributed by atoms with Crippen molar-refractivity contribution < 1.29 is 13.9 Å². The van der Waals surface area contributed by atoms with Crippen molar-refractivity contribution in [3.8, 4) is 0 Å². The molecule has 5 nitrogen and oxygen atoms in total. The molecule has 1 saturated heterocycles. The maximum Gasteiger partial charge on any atom is 0.290 e. The molecule has 1 amide bonds. The van der Waals surface area contributed by atoms with Crippen molar-refractivity contribution in [3.05, 3.63) is 77.6 Å². The third kappa shape index (κ3) is 4.42. The van der Waals surface area contributed by atoms with Gasteiger partial charge in [-0.25, -0.2) is 0 Å². The molecule has 0 atom stereocenters. The maximum absolute atomic E-state index is 13.1. The number of piperazine rings is 1. The highest BCUT2D eigenvalue weighted by atomic mass is 16.5. The molecule has 1 fully saturated rings. The summed E-state index contributed by atoms with van der Waals surface area (Å²) >= 11 is 0. The minimum Gasteiger partial charge on any atom is -0.451 e. The van der Waals surface area contributed by atoms with E-state index in [0.717, 1.165) is 36.2 Å². The van der Waals surface area contributed by atoms with Crippen molar-refractivity contribution in [2.24, 2.45) is 0 Å². The van der Waals surface area contributed by atoms with Crippen LogP contribution < -0.4 is 0 Å². The molecule has 2 aromatic carbocycles. The first-order valence-corrected chi connectivity index (χ1v) is 9.99. The number of furan rings is 1. The zero-order chi connectivity index (χ0) is 20.1. The Labute approximate surface area is 171 Å². The Hall–Kier alpha value is -2.89. The molecule has 0 radical (unpaired) electrons. The fourth-order valence-electron chi connectivity index (χ4n) is 3.74. The van der Waals surface area contributed by atoms with Gasteiger partial charge >= 0.3 is 0 Å². The van der Waals surface area contributed by atoms with Crippen LogP contribution in [0.3, 0.4) is 0 Å². The van der Waals surface area contributed by atoms with Gasteiger partial charge < -0.3 is 14.1 Å². The lowest BCUT2D eigenvalue weighted by Crippen LogP contribution is -2.48. The van der Waals surface area contributed by atoms with Gasteiger partial charge in [-0.15, -0.1) is 0 Å². The van der Waals surface area contributed by atoms with Gasteiger partial charge in [-0.05, 0) is 11.6 Å². The van der Waals surface area contributed by atoms with Crippen LogP contribution in [0.2, 0.25) is 0 Å². The number of rotatable bonds is 6. The number of fused-ring (bicyclic) bond motifs is 1. The average Bonchev–Trinajstić information content (AvgIpc) is 3.13. The number of amides is 1. The molecule has 4 rings (SSSR count). The van der Waals surface area contributed by atoms with E-state index in [1.807, 2.05) is 47.4 Å². The molecule has 1 aliphatic rings. The highest BCUT2D eigenvalue weighted by molar-refractivity contribution is 5.99. The minimum absolute atomic E-state index is 0.0484. The molecule has 150 valence electrons. The van der Waals surface area contributed by atoms with E-state index in [1.165, 1.54) is 5.56 Å². The Morgan fingerprint density at radius 2 is 1.76 bits per heavy atom. The molecule has 0 N–H and O–H groups in total. The molecule has 5 heteroatoms. The second-order valence-corrected chi connectivity index (χ2v) is 7.24. The van der Waals surface area contributed by atoms with Crippen molar-refractivity contribution in [2.75, 3.05) is 39.8 Å². The molecule has 0 spiro atoms. The van der Waals surface area contributed by atoms with Crippen LogP contribution in [0.15, 0.2) is 65.1 Å². The quantitative estimate of drug-likeness (QED) is 0.637. The molecule has 1 aliphatic heterocycles. The largest absolute Gasteiger partial charge is 0.451 e. The number of methoxy groups -OCH3 is 1. The van der Waals surface area contributed by atoms with Crippen LogP contribution in [0, 0.1) is 0 Å². The fraction of sp³-hybridized carbons (Fsp3) is 0.292. The van der Waals surface area contributed by atoms with Gasteiger partial charge in [0.25, 0.3) is 5.91 Å². The van der Waals surface area contributed by atoms with Crippen molar-refractivity contribution in [1.29, 1.82) is 0 Å². The Morgan fingerprint density at radius 3 is 2.52 bits per heavy atom. The second-order valence-electron chi connectivity index (χ2n) is 7.24. The summed E-state index contributed by atoms with van der Waals surface area (Å²) < 4.78 is 11.2. The van der Waals surface area contributed by atoms with Crippen LogP contribution in [0.25, 0.3) is 17.0 Å². The summed E-state index contributed by atoms with van der Waals surface area (Å²) in [7, 11) is 1.64. The predicted molar refractivity (Wildman–Crippen MR) is 115 cm³/mol. The summed E-state index contributed by atoms with van der Waals surface area (Å²) in [5, 5.41) is 0.947. The highest BCUT2D eigenvalue weighted by Gasteiger charge is 2.27. The number of carbonyl (C=O) groups excluding carboxylic acids is 1. The van der Waals surface area contributed by atoms with E-state index in [-0.39, 0.29) is 5.91 Å². The first kappa shape index (κ1) is 19.4. The topological polar surface area (TPSA) is 45.9 Å². The number of benzene rings is 2. The van der Waals surface area contributed by atoms with Gasteiger partial charge in [0.1, 0.15) is 5.58 Å². The predicted octanol–water partition coefficient (Wildman–Crippen LogP) is 4.05. The van der Waals surface area contributed by atoms with Crippen LogP contribution in [-0.2, 0) is 11.3 Å². The number of hydrogen-bond acceptors (Lipinski definition) is 4. The minimum atomic E-state index is -0.0484. The average molecular weight is 390 g/mol. The van der Waals surface area contributed by atoms with E-state index >= 15 is 0 Å². The summed E-state index contributed by atoms with van der Waals surface area (Å²) in [5.74, 6) is 0.359. The van der Waals surface area contributed by atoms with Crippen LogP contribution >= 0.6 is 0 Å². The van der Waals surface area contributed by atoms with E-state index in [9.17, 15) is 4.79 Å². The van der Waals surface area contributed by atoms with E-state index in [2.05, 4.69) is 29.2 Å². The van der Waals surface area contributed by atoms with Crippen LogP contribution in [0.4, 0.5) is 0 Å². The second kappa shape index (κ2) is 9.07. The van der Waals surface area contributed by atoms with Gasteiger partial charge in [0.15, 0.2) is 5.76 Å². The summed E-state index contributed by atoms with van der Waals surface area (Å²) in [4.78, 5) is 17.4. The molecule has 0 bridgehead atoms. The van der Waals surface area contributed by atoms with E-state index in [4.69, 9.17) is 9.15 Å². The smallest absolute Gasteiger partial charge is 0.290 e. The number of hydrogen-bond donors (Lipinski definition) is 0. The lowest BCUT2D eigenvalue weighted by molar-refractivity contribution is 0.0615. The molecule has 0 aliphatic carbocycles. The summed E-state index contributed by atoms with van der Waals surface area (Å²) in [6.45, 7) is 4.34. The fourth-order valence-corrected chi connectivity index (χ4v) is 3.74. The molecule has 29 heavy (non-hydrogen) atoms. The normalized spacial score (nSPS) is 15.4. The standard InChI is InChI=1S/C24H26N2O3/c1-28-18-21-20-11-5-6-12-22(20)29-23(21)24(27)26-16-14-25(15-17-26)13-7-10-19-8-3-2-4-9-19/h2-12H,13-18H2,1H3/b10-7+. The van der Waals surface area contributed by atoms with E-state index in [1.54, 1.807) is 7.11 Å². The monoisotopic (exact) mass is 390 g/mol. The van der Waals surface area contributed by atoms with Crippen LogP contribution in [0.1, 0.15) is 21.7 Å². The van der Waals surface area contributed by atoms with E-state index < -0.39 is 0 Å². The molecule has 0 unspecified atom stereocenters. The van der Waals surface area contributed by atoms with Crippen molar-refractivity contribution in [1.82, 2.24) is 9.80 Å². The third-order valence-corrected chi connectivity index (χ3v) is 5.31. The summed E-state index contributed by atoms with van der Waals surface area (Å²) in [6, 6.07) is 18.0. The van der Waals surface area contributed by atoms with Gasteiger partial charge in [0.2, 0.25) is 0 Å². The SMILES string of the molecule is COCc1c(C(=O)N2CCN(C/C=C/c3ccccc3)CC2)oc2ccccc12. The van der Waals surface area contributed by atoms with Crippen molar-refractivity contribution in [2.45, 2.75) is 6.61 Å². The van der Waals surface area contributed by atoms with Crippen molar-refractivity contribution in [3.63, 3.8) is 0 Å². The first-order chi connectivity index (χ1) is 14.3. The Balaban J connectivity index is 1.38. The molecule has 1 aromatic heterocycles. The van der Waals surface area contributed by atoms with Gasteiger partial charge in [-0.2, -0.15) is 0 Å². The highest BCUT2D eigenvalue weighted by Crippen LogP contribution is 2.27. The van der Waals surface area contributed by atoms with Crippen LogP contribution in [-0.4, -0.2) is 55.5 Å². The summed E-state index contributed by atoms with van der Waals surface area (Å²) in [6.07, 6.45) is 4.33. The zero-order valence-electron chi connectivity index (χ0n) is 16.7.